The van der Waals surface area contributed by atoms with Crippen LogP contribution in [-0.4, -0.2) is 13.0 Å². The summed E-state index contributed by atoms with van der Waals surface area (Å²) < 4.78 is 29.0. The number of hydrogen-bond acceptors (Lipinski definition) is 1. The van der Waals surface area contributed by atoms with E-state index in [1.54, 1.807) is 13.8 Å². The molecular weight excluding hydrogens is 86.1 g/mol. The van der Waals surface area contributed by atoms with Gasteiger partial charge in [0.2, 0.25) is 0 Å². The van der Waals surface area contributed by atoms with E-state index in [0.717, 1.165) is 0 Å². The number of hydrogen-bond donors (Lipinski definition) is 1. The summed E-state index contributed by atoms with van der Waals surface area (Å²) in [5.41, 5.74) is 0. The molecule has 0 saturated heterocycles. The second-order valence-corrected chi connectivity index (χ2v) is 1.19. The van der Waals surface area contributed by atoms with Gasteiger partial charge in [-0.25, -0.2) is 0 Å². The zero-order chi connectivity index (χ0) is 9.12. The fraction of sp³-hybridized carbons (Fsp3) is 1.00. The molecule has 1 heteroatoms. The largest absolute Gasteiger partial charge is 0.317 e. The highest BCUT2D eigenvalue weighted by Crippen LogP contribution is 1.71. The van der Waals surface area contributed by atoms with E-state index < -0.39 is 13.0 Å². The smallest absolute Gasteiger partial charge is 0.0428 e. The van der Waals surface area contributed by atoms with Crippen LogP contribution < -0.4 is 5.32 Å². The minimum atomic E-state index is -1.60. The average Bonchev–Trinajstić information content (AvgIpc) is 1.86. The van der Waals surface area contributed by atoms with Crippen molar-refractivity contribution >= 4 is 0 Å². The zero-order valence-corrected chi connectivity index (χ0v) is 4.91. The maximum atomic E-state index is 7.25. The Balaban J connectivity index is 4.02. The van der Waals surface area contributed by atoms with Crippen molar-refractivity contribution in [3.63, 3.8) is 0 Å². The van der Waals surface area contributed by atoms with Crippen LogP contribution in [0.25, 0.3) is 0 Å². The van der Waals surface area contributed by atoms with Crippen molar-refractivity contribution < 1.29 is 5.48 Å². The molecule has 0 heterocycles. The molecule has 7 heavy (non-hydrogen) atoms. The molecule has 0 aliphatic carbocycles. The van der Waals surface area contributed by atoms with Gasteiger partial charge in [0.05, 0.1) is 0 Å². The molecule has 0 amide bonds. The second kappa shape index (κ2) is 5.96. The molecular formula is C6H15N. The van der Waals surface area contributed by atoms with E-state index in [9.17, 15) is 0 Å². The predicted octanol–water partition coefficient (Wildman–Crippen LogP) is 1.40. The van der Waals surface area contributed by atoms with Gasteiger partial charge in [-0.1, -0.05) is 13.8 Å². The average molecular weight is 105 g/mol. The maximum Gasteiger partial charge on any atom is 0.0428 e. The second-order valence-electron chi connectivity index (χ2n) is 1.19. The molecule has 0 aromatic heterocycles. The first-order valence-corrected chi connectivity index (χ1v) is 2.62. The lowest BCUT2D eigenvalue weighted by Crippen LogP contribution is -2.14. The van der Waals surface area contributed by atoms with Crippen LogP contribution in [0.4, 0.5) is 0 Å². The summed E-state index contributed by atoms with van der Waals surface area (Å²) in [5, 5.41) is 2.30. The van der Waals surface area contributed by atoms with Crippen LogP contribution in [0, 0.1) is 0 Å². The van der Waals surface area contributed by atoms with Crippen molar-refractivity contribution in [1.82, 2.24) is 5.32 Å². The summed E-state index contributed by atoms with van der Waals surface area (Å²) in [6.07, 6.45) is 0.541. The molecule has 0 rings (SSSR count). The van der Waals surface area contributed by atoms with Gasteiger partial charge in [0.15, 0.2) is 0 Å². The molecule has 44 valence electrons. The predicted molar refractivity (Wildman–Crippen MR) is 33.5 cm³/mol. The van der Waals surface area contributed by atoms with E-state index in [-0.39, 0.29) is 12.8 Å². The minimum absolute atomic E-state index is 0.270. The van der Waals surface area contributed by atoms with Gasteiger partial charge < -0.3 is 5.32 Å². The van der Waals surface area contributed by atoms with Crippen molar-refractivity contribution in [2.75, 3.05) is 13.0 Å². The first-order valence-electron chi connectivity index (χ1n) is 4.62. The van der Waals surface area contributed by atoms with Crippen LogP contribution in [0.3, 0.4) is 0 Å². The van der Waals surface area contributed by atoms with Crippen LogP contribution in [-0.2, 0) is 0 Å². The summed E-state index contributed by atoms with van der Waals surface area (Å²) in [6.45, 7) is 0.163. The highest BCUT2D eigenvalue weighted by atomic mass is 14.8. The molecule has 0 radical (unpaired) electrons. The molecule has 0 bridgehead atoms. The molecule has 0 aromatic rings. The maximum absolute atomic E-state index is 7.25. The van der Waals surface area contributed by atoms with Gasteiger partial charge in [-0.15, -0.1) is 0 Å². The van der Waals surface area contributed by atoms with Crippen LogP contribution in [0.15, 0.2) is 0 Å². The van der Waals surface area contributed by atoms with Gasteiger partial charge in [0.25, 0.3) is 0 Å². The molecule has 0 fully saturated rings. The summed E-state index contributed by atoms with van der Waals surface area (Å²) in [7, 11) is 0. The Morgan fingerprint density at radius 1 is 1.29 bits per heavy atom. The van der Waals surface area contributed by atoms with Gasteiger partial charge >= 0.3 is 0 Å². The Morgan fingerprint density at radius 2 is 1.71 bits per heavy atom. The highest BCUT2D eigenvalue weighted by Gasteiger charge is 1.76. The number of nitrogens with one attached hydrogen (secondary N) is 1. The van der Waals surface area contributed by atoms with Gasteiger partial charge in [-0.2, -0.15) is 0 Å². The molecule has 0 aliphatic rings. The quantitative estimate of drug-likeness (QED) is 0.570. The molecule has 1 N–H and O–H groups in total. The van der Waals surface area contributed by atoms with Crippen LogP contribution >= 0.6 is 0 Å². The van der Waals surface area contributed by atoms with Crippen molar-refractivity contribution in [2.45, 2.75) is 26.7 Å². The topological polar surface area (TPSA) is 12.0 Å². The van der Waals surface area contributed by atoms with Crippen molar-refractivity contribution in [3.05, 3.63) is 0 Å². The molecule has 0 unspecified atom stereocenters. The zero-order valence-electron chi connectivity index (χ0n) is 8.91. The Kier molecular flexibility index (Phi) is 2.12. The summed E-state index contributed by atoms with van der Waals surface area (Å²) in [5.74, 6) is 0. The SMILES string of the molecule is [2H]C([2H])(CC)NC([2H])([2H])CC. The van der Waals surface area contributed by atoms with E-state index in [4.69, 9.17) is 5.48 Å². The van der Waals surface area contributed by atoms with Crippen LogP contribution in [0.5, 0.6) is 0 Å². The first-order chi connectivity index (χ1) is 4.83. The fourth-order valence-corrected chi connectivity index (χ4v) is 0.239. The lowest BCUT2D eigenvalue weighted by Gasteiger charge is -1.95. The van der Waals surface area contributed by atoms with Crippen LogP contribution in [0.2, 0.25) is 0 Å². The van der Waals surface area contributed by atoms with E-state index >= 15 is 0 Å². The third kappa shape index (κ3) is 5.96. The third-order valence-electron chi connectivity index (χ3n) is 0.530. The van der Waals surface area contributed by atoms with E-state index in [1.807, 2.05) is 0 Å². The van der Waals surface area contributed by atoms with E-state index in [0.29, 0.717) is 0 Å². The van der Waals surface area contributed by atoms with Crippen molar-refractivity contribution in [1.29, 1.82) is 0 Å². The molecule has 1 nitrogen and oxygen atoms in total. The molecule has 0 saturated carbocycles. The Hall–Kier alpha value is -0.0400. The molecule has 0 aromatic carbocycles. The van der Waals surface area contributed by atoms with Crippen molar-refractivity contribution in [3.8, 4) is 0 Å². The lowest BCUT2D eigenvalue weighted by molar-refractivity contribution is 0.662. The van der Waals surface area contributed by atoms with Crippen molar-refractivity contribution in [2.24, 2.45) is 0 Å². The molecule has 0 aliphatic heterocycles. The van der Waals surface area contributed by atoms with Gasteiger partial charge in [-0.3, -0.25) is 0 Å². The first kappa shape index (κ1) is 2.49. The standard InChI is InChI=1S/C6H15N/c1-3-5-7-6-4-2/h7H,3-6H2,1-2H3/i5D2,6D2. The Labute approximate surface area is 51.7 Å². The van der Waals surface area contributed by atoms with Gasteiger partial charge in [-0.05, 0) is 25.8 Å². The lowest BCUT2D eigenvalue weighted by atomic mass is 10.4. The summed E-state index contributed by atoms with van der Waals surface area (Å²) >= 11 is 0. The molecule has 0 atom stereocenters. The summed E-state index contributed by atoms with van der Waals surface area (Å²) in [4.78, 5) is 0. The monoisotopic (exact) mass is 105 g/mol. The van der Waals surface area contributed by atoms with Crippen LogP contribution in [0.1, 0.15) is 32.2 Å². The molecule has 0 spiro atoms. The van der Waals surface area contributed by atoms with Gasteiger partial charge in [0, 0.05) is 5.48 Å². The summed E-state index contributed by atoms with van der Waals surface area (Å²) in [6, 6.07) is 0. The third-order valence-corrected chi connectivity index (χ3v) is 0.530. The Bertz CT molecular complexity index is 110. The highest BCUT2D eigenvalue weighted by molar-refractivity contribution is 4.39. The fourth-order valence-electron chi connectivity index (χ4n) is 0.239. The van der Waals surface area contributed by atoms with E-state index in [1.165, 1.54) is 0 Å². The minimum Gasteiger partial charge on any atom is -0.317 e. The van der Waals surface area contributed by atoms with E-state index in [2.05, 4.69) is 5.32 Å². The Morgan fingerprint density at radius 3 is 2.00 bits per heavy atom. The number of rotatable bonds is 4. The normalized spacial score (nSPS) is 22.0. The van der Waals surface area contributed by atoms with Gasteiger partial charge in [0.1, 0.15) is 0 Å².